The van der Waals surface area contributed by atoms with Crippen LogP contribution < -0.4 is 5.73 Å². The fourth-order valence-electron chi connectivity index (χ4n) is 1.33. The van der Waals surface area contributed by atoms with E-state index in [0.29, 0.717) is 0 Å². The summed E-state index contributed by atoms with van der Waals surface area (Å²) < 4.78 is 6.21. The minimum Gasteiger partial charge on any atom is -0.410 e. The highest BCUT2D eigenvalue weighted by molar-refractivity contribution is 6.74. The van der Waals surface area contributed by atoms with Gasteiger partial charge in [0.25, 0.3) is 0 Å². The zero-order valence-corrected chi connectivity index (χ0v) is 11.0. The van der Waals surface area contributed by atoms with Crippen LogP contribution in [0.25, 0.3) is 0 Å². The van der Waals surface area contributed by atoms with E-state index in [-0.39, 0.29) is 17.2 Å². The first kappa shape index (κ1) is 11.9. The molecule has 2 nitrogen and oxygen atoms in total. The van der Waals surface area contributed by atoms with Gasteiger partial charge >= 0.3 is 0 Å². The summed E-state index contributed by atoms with van der Waals surface area (Å²) in [5.41, 5.74) is 5.80. The topological polar surface area (TPSA) is 35.2 Å². The zero-order chi connectivity index (χ0) is 11.0. The van der Waals surface area contributed by atoms with Crippen LogP contribution in [0.2, 0.25) is 18.1 Å². The quantitative estimate of drug-likeness (QED) is 0.565. The Labute approximate surface area is 88.7 Å². The van der Waals surface area contributed by atoms with Crippen molar-refractivity contribution in [2.24, 2.45) is 5.73 Å². The van der Waals surface area contributed by atoms with Crippen molar-refractivity contribution >= 4 is 8.32 Å². The lowest BCUT2D eigenvalue weighted by atomic mass is 10.2. The van der Waals surface area contributed by atoms with Crippen LogP contribution in [0.3, 0.4) is 0 Å². The second-order valence-electron chi connectivity index (χ2n) is 5.70. The zero-order valence-electron chi connectivity index (χ0n) is 10.0. The third kappa shape index (κ3) is 2.68. The largest absolute Gasteiger partial charge is 0.410 e. The molecule has 0 saturated carbocycles. The van der Waals surface area contributed by atoms with Crippen LogP contribution >= 0.6 is 0 Å². The van der Waals surface area contributed by atoms with Crippen LogP contribution in [0.15, 0.2) is 12.2 Å². The minimum atomic E-state index is -1.61. The molecular weight excluding hydrogens is 190 g/mol. The summed E-state index contributed by atoms with van der Waals surface area (Å²) in [5.74, 6) is 0. The Morgan fingerprint density at radius 2 is 1.86 bits per heavy atom. The molecule has 0 fully saturated rings. The van der Waals surface area contributed by atoms with E-state index in [0.717, 1.165) is 6.42 Å². The summed E-state index contributed by atoms with van der Waals surface area (Å²) in [6.07, 6.45) is 5.38. The molecule has 1 rings (SSSR count). The van der Waals surface area contributed by atoms with Crippen LogP contribution in [0, 0.1) is 0 Å². The molecule has 3 heteroatoms. The number of hydrogen-bond acceptors (Lipinski definition) is 2. The summed E-state index contributed by atoms with van der Waals surface area (Å²) in [6, 6.07) is 0.199. The molecule has 0 amide bonds. The first-order valence-electron chi connectivity index (χ1n) is 5.34. The highest BCUT2D eigenvalue weighted by Crippen LogP contribution is 2.38. The molecule has 2 N–H and O–H groups in total. The summed E-state index contributed by atoms with van der Waals surface area (Å²) >= 11 is 0. The average molecular weight is 213 g/mol. The molecule has 0 aromatic carbocycles. The molecule has 0 bridgehead atoms. The van der Waals surface area contributed by atoms with Crippen molar-refractivity contribution in [3.8, 4) is 0 Å². The van der Waals surface area contributed by atoms with E-state index in [9.17, 15) is 0 Å². The summed E-state index contributed by atoms with van der Waals surface area (Å²) in [5, 5.41) is 0.285. The second kappa shape index (κ2) is 3.80. The Morgan fingerprint density at radius 1 is 1.29 bits per heavy atom. The van der Waals surface area contributed by atoms with Crippen molar-refractivity contribution < 1.29 is 4.43 Å². The normalized spacial score (nSPS) is 28.4. The maximum atomic E-state index is 6.21. The molecule has 82 valence electrons. The second-order valence-corrected chi connectivity index (χ2v) is 10.5. The molecular formula is C11H23NOSi. The highest BCUT2D eigenvalue weighted by Gasteiger charge is 2.39. The molecule has 0 aromatic rings. The van der Waals surface area contributed by atoms with Gasteiger partial charge in [-0.2, -0.15) is 0 Å². The number of hydrogen-bond donors (Lipinski definition) is 1. The molecule has 2 atom stereocenters. The van der Waals surface area contributed by atoms with E-state index in [1.807, 2.05) is 0 Å². The van der Waals surface area contributed by atoms with E-state index in [1.54, 1.807) is 0 Å². The van der Waals surface area contributed by atoms with Gasteiger partial charge in [0.1, 0.15) is 0 Å². The van der Waals surface area contributed by atoms with Crippen molar-refractivity contribution in [2.75, 3.05) is 0 Å². The van der Waals surface area contributed by atoms with E-state index in [2.05, 4.69) is 46.0 Å². The molecule has 0 aliphatic heterocycles. The Balaban J connectivity index is 2.56. The minimum absolute atomic E-state index is 0.199. The Morgan fingerprint density at radius 3 is 2.21 bits per heavy atom. The average Bonchev–Trinajstić information content (AvgIpc) is 2.31. The van der Waals surface area contributed by atoms with Gasteiger partial charge in [-0.1, -0.05) is 32.9 Å². The van der Waals surface area contributed by atoms with Crippen LogP contribution in [-0.2, 0) is 4.43 Å². The molecule has 0 radical (unpaired) electrons. The van der Waals surface area contributed by atoms with Crippen molar-refractivity contribution in [3.05, 3.63) is 12.2 Å². The molecule has 1 unspecified atom stereocenters. The van der Waals surface area contributed by atoms with Crippen molar-refractivity contribution in [1.29, 1.82) is 0 Å². The lowest BCUT2D eigenvalue weighted by Crippen LogP contribution is -2.43. The van der Waals surface area contributed by atoms with E-state index < -0.39 is 8.32 Å². The first-order valence-corrected chi connectivity index (χ1v) is 8.25. The van der Waals surface area contributed by atoms with Crippen LogP contribution in [0.5, 0.6) is 0 Å². The Hall–Kier alpha value is -0.123. The smallest absolute Gasteiger partial charge is 0.192 e. The summed E-state index contributed by atoms with van der Waals surface area (Å²) in [7, 11) is -1.61. The van der Waals surface area contributed by atoms with Crippen molar-refractivity contribution in [3.63, 3.8) is 0 Å². The summed E-state index contributed by atoms with van der Waals surface area (Å²) in [6.45, 7) is 11.4. The molecule has 1 aliphatic carbocycles. The van der Waals surface area contributed by atoms with Gasteiger partial charge in [-0.05, 0) is 24.6 Å². The fourth-order valence-corrected chi connectivity index (χ4v) is 2.62. The van der Waals surface area contributed by atoms with Gasteiger partial charge in [-0.3, -0.25) is 0 Å². The lowest BCUT2D eigenvalue weighted by molar-refractivity contribution is 0.220. The van der Waals surface area contributed by atoms with E-state index in [1.165, 1.54) is 0 Å². The molecule has 14 heavy (non-hydrogen) atoms. The third-order valence-electron chi connectivity index (χ3n) is 3.33. The molecule has 0 spiro atoms. The third-order valence-corrected chi connectivity index (χ3v) is 7.83. The predicted octanol–water partition coefficient (Wildman–Crippen LogP) is 2.66. The summed E-state index contributed by atoms with van der Waals surface area (Å²) in [4.78, 5) is 0. The molecule has 1 aliphatic rings. The van der Waals surface area contributed by atoms with Crippen molar-refractivity contribution in [1.82, 2.24) is 0 Å². The predicted molar refractivity (Wildman–Crippen MR) is 63.8 cm³/mol. The van der Waals surface area contributed by atoms with Gasteiger partial charge in [0.05, 0.1) is 6.10 Å². The number of nitrogens with two attached hydrogens (primary N) is 1. The van der Waals surface area contributed by atoms with E-state index >= 15 is 0 Å². The first-order chi connectivity index (χ1) is 6.22. The van der Waals surface area contributed by atoms with Crippen LogP contribution in [0.1, 0.15) is 27.2 Å². The van der Waals surface area contributed by atoms with Crippen LogP contribution in [0.4, 0.5) is 0 Å². The maximum absolute atomic E-state index is 6.21. The van der Waals surface area contributed by atoms with Gasteiger partial charge in [-0.25, -0.2) is 0 Å². The maximum Gasteiger partial charge on any atom is 0.192 e. The standard InChI is InChI=1S/C11H23NOSi/c1-11(2,3)14(4,5)13-10-7-6-9(12)8-10/h6-7,9-10H,8,12H2,1-5H3/t9?,10-/m1/s1. The number of rotatable bonds is 2. The van der Waals surface area contributed by atoms with Gasteiger partial charge < -0.3 is 10.2 Å². The van der Waals surface area contributed by atoms with Crippen molar-refractivity contribution in [2.45, 2.75) is 57.5 Å². The molecule has 0 aromatic heterocycles. The van der Waals surface area contributed by atoms with Gasteiger partial charge in [0.15, 0.2) is 8.32 Å². The van der Waals surface area contributed by atoms with Gasteiger partial charge in [0.2, 0.25) is 0 Å². The highest BCUT2D eigenvalue weighted by atomic mass is 28.4. The SMILES string of the molecule is CC(C)(C)[Si](C)(C)O[C@@H]1C=CC(N)C1. The molecule has 0 saturated heterocycles. The fraction of sp³-hybridized carbons (Fsp3) is 0.818. The van der Waals surface area contributed by atoms with Crippen LogP contribution in [-0.4, -0.2) is 20.5 Å². The van der Waals surface area contributed by atoms with E-state index in [4.69, 9.17) is 10.2 Å². The van der Waals surface area contributed by atoms with Gasteiger partial charge in [0, 0.05) is 6.04 Å². The lowest BCUT2D eigenvalue weighted by Gasteiger charge is -2.38. The molecule has 0 heterocycles. The Bertz CT molecular complexity index is 230. The monoisotopic (exact) mass is 213 g/mol. The Kier molecular flexibility index (Phi) is 3.24. The van der Waals surface area contributed by atoms with Gasteiger partial charge in [-0.15, -0.1) is 0 Å².